The van der Waals surface area contributed by atoms with Gasteiger partial charge in [0.15, 0.2) is 6.10 Å². The highest BCUT2D eigenvalue weighted by atomic mass is 79.9. The Labute approximate surface area is 198 Å². The van der Waals surface area contributed by atoms with Gasteiger partial charge in [-0.05, 0) is 55.0 Å². The van der Waals surface area contributed by atoms with E-state index in [2.05, 4.69) is 22.0 Å². The maximum absolute atomic E-state index is 13.0. The number of nitriles is 1. The second kappa shape index (κ2) is 9.35. The molecule has 3 aromatic carbocycles. The molecule has 0 aliphatic carbocycles. The molecule has 4 rings (SSSR count). The van der Waals surface area contributed by atoms with Crippen molar-refractivity contribution in [2.45, 2.75) is 18.9 Å². The predicted molar refractivity (Wildman–Crippen MR) is 122 cm³/mol. The number of rotatable bonds is 5. The Morgan fingerprint density at radius 2 is 1.88 bits per heavy atom. The van der Waals surface area contributed by atoms with Crippen LogP contribution in [0.4, 0.5) is 4.39 Å². The third-order valence-corrected chi connectivity index (χ3v) is 5.54. The van der Waals surface area contributed by atoms with Crippen molar-refractivity contribution in [1.82, 2.24) is 0 Å². The lowest BCUT2D eigenvalue weighted by Gasteiger charge is -2.27. The summed E-state index contributed by atoms with van der Waals surface area (Å²) >= 11 is 3.46. The quantitative estimate of drug-likeness (QED) is 0.376. The molecule has 0 radical (unpaired) electrons. The maximum Gasteiger partial charge on any atom is 0.352 e. The fraction of sp³-hybridized carbons (Fsp3) is 0.120. The first-order valence-corrected chi connectivity index (χ1v) is 10.8. The summed E-state index contributed by atoms with van der Waals surface area (Å²) in [5, 5.41) is 9.68. The van der Waals surface area contributed by atoms with E-state index in [1.165, 1.54) is 31.2 Å². The highest BCUT2D eigenvalue weighted by molar-refractivity contribution is 9.10. The van der Waals surface area contributed by atoms with Crippen molar-refractivity contribution in [3.05, 3.63) is 99.6 Å². The molecule has 33 heavy (non-hydrogen) atoms. The van der Waals surface area contributed by atoms with E-state index in [0.29, 0.717) is 22.6 Å². The van der Waals surface area contributed by atoms with Crippen LogP contribution in [0.5, 0.6) is 17.2 Å². The fourth-order valence-corrected chi connectivity index (χ4v) is 3.91. The zero-order chi connectivity index (χ0) is 23.5. The summed E-state index contributed by atoms with van der Waals surface area (Å²) < 4.78 is 30.5. The summed E-state index contributed by atoms with van der Waals surface area (Å²) in [6.07, 6.45) is -0.933. The SMILES string of the molecule is CC(Oc1ccc(F)cc1)C(=O)Oc1ccc2c(c1)OC(N)=C(C#N)C2c1cccc(Br)c1. The van der Waals surface area contributed by atoms with Gasteiger partial charge < -0.3 is 19.9 Å². The highest BCUT2D eigenvalue weighted by Crippen LogP contribution is 2.43. The Balaban J connectivity index is 1.57. The largest absolute Gasteiger partial charge is 0.479 e. The summed E-state index contributed by atoms with van der Waals surface area (Å²) in [4.78, 5) is 12.5. The number of allylic oxidation sites excluding steroid dienone is 1. The van der Waals surface area contributed by atoms with Crippen LogP contribution in [0.2, 0.25) is 0 Å². The Kier molecular flexibility index (Phi) is 6.33. The highest BCUT2D eigenvalue weighted by Gasteiger charge is 2.31. The first kappa shape index (κ1) is 22.4. The summed E-state index contributed by atoms with van der Waals surface area (Å²) in [7, 11) is 0. The van der Waals surface area contributed by atoms with Gasteiger partial charge in [0.25, 0.3) is 0 Å². The van der Waals surface area contributed by atoms with Gasteiger partial charge in [-0.3, -0.25) is 0 Å². The smallest absolute Gasteiger partial charge is 0.352 e. The first-order valence-electron chi connectivity index (χ1n) is 9.96. The van der Waals surface area contributed by atoms with Crippen molar-refractivity contribution in [2.24, 2.45) is 5.73 Å². The van der Waals surface area contributed by atoms with E-state index in [4.69, 9.17) is 19.9 Å². The molecule has 0 spiro atoms. The zero-order valence-corrected chi connectivity index (χ0v) is 19.0. The predicted octanol–water partition coefficient (Wildman–Crippen LogP) is 5.18. The minimum atomic E-state index is -0.933. The van der Waals surface area contributed by atoms with Gasteiger partial charge in [-0.15, -0.1) is 0 Å². The molecule has 0 aromatic heterocycles. The number of benzene rings is 3. The third-order valence-electron chi connectivity index (χ3n) is 5.05. The van der Waals surface area contributed by atoms with E-state index in [1.54, 1.807) is 18.2 Å². The molecular weight excluding hydrogens is 491 g/mol. The molecule has 6 nitrogen and oxygen atoms in total. The van der Waals surface area contributed by atoms with E-state index < -0.39 is 23.8 Å². The van der Waals surface area contributed by atoms with Crippen LogP contribution in [0.15, 0.2) is 82.7 Å². The molecule has 166 valence electrons. The molecule has 1 heterocycles. The molecule has 0 amide bonds. The maximum atomic E-state index is 13.0. The minimum Gasteiger partial charge on any atom is -0.479 e. The summed E-state index contributed by atoms with van der Waals surface area (Å²) in [6.45, 7) is 1.53. The van der Waals surface area contributed by atoms with Crippen LogP contribution in [0.1, 0.15) is 24.0 Å². The van der Waals surface area contributed by atoms with Crippen molar-refractivity contribution in [1.29, 1.82) is 5.26 Å². The van der Waals surface area contributed by atoms with E-state index in [-0.39, 0.29) is 11.6 Å². The topological polar surface area (TPSA) is 94.6 Å². The van der Waals surface area contributed by atoms with Crippen LogP contribution in [0.25, 0.3) is 0 Å². The number of esters is 1. The number of nitrogens with zero attached hydrogens (tertiary/aromatic N) is 1. The summed E-state index contributed by atoms with van der Waals surface area (Å²) in [5.74, 6) is -0.523. The number of hydrogen-bond acceptors (Lipinski definition) is 6. The van der Waals surface area contributed by atoms with Gasteiger partial charge in [-0.2, -0.15) is 5.26 Å². The molecule has 1 aliphatic rings. The van der Waals surface area contributed by atoms with Crippen LogP contribution in [0, 0.1) is 17.1 Å². The van der Waals surface area contributed by atoms with Gasteiger partial charge >= 0.3 is 5.97 Å². The van der Waals surface area contributed by atoms with Gasteiger partial charge in [0.05, 0.1) is 5.92 Å². The molecule has 3 aromatic rings. The molecule has 2 unspecified atom stereocenters. The van der Waals surface area contributed by atoms with E-state index in [9.17, 15) is 14.4 Å². The molecule has 0 bridgehead atoms. The third kappa shape index (κ3) is 4.83. The van der Waals surface area contributed by atoms with Crippen LogP contribution in [-0.2, 0) is 4.79 Å². The van der Waals surface area contributed by atoms with Gasteiger partial charge in [0.2, 0.25) is 5.88 Å². The number of hydrogen-bond donors (Lipinski definition) is 1. The van der Waals surface area contributed by atoms with Crippen molar-refractivity contribution < 1.29 is 23.4 Å². The van der Waals surface area contributed by atoms with Crippen LogP contribution in [0.3, 0.4) is 0 Å². The van der Waals surface area contributed by atoms with Gasteiger partial charge in [-0.25, -0.2) is 9.18 Å². The van der Waals surface area contributed by atoms with Crippen molar-refractivity contribution in [2.75, 3.05) is 0 Å². The average molecular weight is 509 g/mol. The number of nitrogens with two attached hydrogens (primary N) is 1. The lowest BCUT2D eigenvalue weighted by atomic mass is 9.83. The standard InChI is InChI=1S/C25H18BrFN2O4/c1-14(31-18-7-5-17(27)6-8-18)25(30)32-19-9-10-20-22(12-19)33-24(29)21(13-28)23(20)15-3-2-4-16(26)11-15/h2-12,14,23H,29H2,1H3. The van der Waals surface area contributed by atoms with Crippen LogP contribution in [-0.4, -0.2) is 12.1 Å². The lowest BCUT2D eigenvalue weighted by molar-refractivity contribution is -0.141. The molecule has 0 saturated heterocycles. The number of fused-ring (bicyclic) bond motifs is 1. The molecule has 1 aliphatic heterocycles. The Morgan fingerprint density at radius 1 is 1.15 bits per heavy atom. The molecule has 2 N–H and O–H groups in total. The molecule has 0 saturated carbocycles. The average Bonchev–Trinajstić information content (AvgIpc) is 2.79. The van der Waals surface area contributed by atoms with Gasteiger partial charge in [0.1, 0.15) is 34.7 Å². The Hall–Kier alpha value is -3.83. The molecule has 8 heteroatoms. The van der Waals surface area contributed by atoms with E-state index in [1.807, 2.05) is 24.3 Å². The summed E-state index contributed by atoms with van der Waals surface area (Å²) in [5.41, 5.74) is 7.91. The zero-order valence-electron chi connectivity index (χ0n) is 17.4. The Morgan fingerprint density at radius 3 is 2.58 bits per heavy atom. The van der Waals surface area contributed by atoms with E-state index in [0.717, 1.165) is 10.0 Å². The molecule has 2 atom stereocenters. The molecule has 0 fully saturated rings. The van der Waals surface area contributed by atoms with Gasteiger partial charge in [0, 0.05) is 16.1 Å². The second-order valence-corrected chi connectivity index (χ2v) is 8.23. The monoisotopic (exact) mass is 508 g/mol. The minimum absolute atomic E-state index is 0.00790. The normalized spacial score (nSPS) is 15.6. The van der Waals surface area contributed by atoms with Crippen molar-refractivity contribution in [3.8, 4) is 23.3 Å². The fourth-order valence-electron chi connectivity index (χ4n) is 3.49. The lowest BCUT2D eigenvalue weighted by Crippen LogP contribution is -2.28. The first-order chi connectivity index (χ1) is 15.9. The van der Waals surface area contributed by atoms with Gasteiger partial charge in [-0.1, -0.05) is 34.1 Å². The van der Waals surface area contributed by atoms with Crippen LogP contribution >= 0.6 is 15.9 Å². The molecular formula is C25H18BrFN2O4. The van der Waals surface area contributed by atoms with Crippen molar-refractivity contribution >= 4 is 21.9 Å². The number of halogens is 2. The van der Waals surface area contributed by atoms with Crippen LogP contribution < -0.4 is 19.9 Å². The van der Waals surface area contributed by atoms with Crippen molar-refractivity contribution in [3.63, 3.8) is 0 Å². The van der Waals surface area contributed by atoms with E-state index >= 15 is 0 Å². The number of carbonyl (C=O) groups is 1. The number of carbonyl (C=O) groups excluding carboxylic acids is 1. The summed E-state index contributed by atoms with van der Waals surface area (Å²) in [6, 6.07) is 19.9. The second-order valence-electron chi connectivity index (χ2n) is 7.31. The Bertz CT molecular complexity index is 1280. The number of ether oxygens (including phenoxy) is 3.